The van der Waals surface area contributed by atoms with Crippen molar-refractivity contribution < 1.29 is 14.6 Å². The van der Waals surface area contributed by atoms with Crippen molar-refractivity contribution in [3.8, 4) is 10.6 Å². The minimum atomic E-state index is -0.999. The number of benzene rings is 1. The molecule has 2 rings (SSSR count). The summed E-state index contributed by atoms with van der Waals surface area (Å²) in [4.78, 5) is 14.8. The van der Waals surface area contributed by atoms with Crippen LogP contribution >= 0.6 is 11.3 Å². The molecule has 0 fully saturated rings. The maximum absolute atomic E-state index is 10.7. The van der Waals surface area contributed by atoms with Crippen LogP contribution < -0.4 is 0 Å². The Balaban J connectivity index is 2.31. The number of hydrogen-bond acceptors (Lipinski definition) is 4. The Bertz CT molecular complexity index is 536. The van der Waals surface area contributed by atoms with Gasteiger partial charge in [-0.3, -0.25) is 0 Å². The van der Waals surface area contributed by atoms with Crippen LogP contribution in [-0.4, -0.2) is 23.2 Å². The summed E-state index contributed by atoms with van der Waals surface area (Å²) in [5.74, 6) is -0.999. The quantitative estimate of drug-likeness (QED) is 0.905. The average molecular weight is 249 g/mol. The van der Waals surface area contributed by atoms with Crippen LogP contribution in [0.25, 0.3) is 10.6 Å². The maximum atomic E-state index is 10.7. The summed E-state index contributed by atoms with van der Waals surface area (Å²) < 4.78 is 5.05. The highest BCUT2D eigenvalue weighted by atomic mass is 32.1. The van der Waals surface area contributed by atoms with Gasteiger partial charge in [0, 0.05) is 18.1 Å². The van der Waals surface area contributed by atoms with E-state index in [1.807, 2.05) is 24.3 Å². The van der Waals surface area contributed by atoms with Crippen molar-refractivity contribution in [1.82, 2.24) is 4.98 Å². The smallest absolute Gasteiger partial charge is 0.355 e. The predicted molar refractivity (Wildman–Crippen MR) is 65.2 cm³/mol. The van der Waals surface area contributed by atoms with Gasteiger partial charge in [0.1, 0.15) is 5.01 Å². The highest BCUT2D eigenvalue weighted by Gasteiger charge is 2.10. The first-order valence-electron chi connectivity index (χ1n) is 4.98. The minimum Gasteiger partial charge on any atom is -0.476 e. The number of aromatic carboxylic acids is 1. The first-order chi connectivity index (χ1) is 8.20. The van der Waals surface area contributed by atoms with E-state index in [4.69, 9.17) is 9.84 Å². The van der Waals surface area contributed by atoms with E-state index in [-0.39, 0.29) is 5.69 Å². The molecule has 0 unspecified atom stereocenters. The van der Waals surface area contributed by atoms with Gasteiger partial charge in [0.2, 0.25) is 0 Å². The molecule has 0 bridgehead atoms. The molecule has 4 nitrogen and oxygen atoms in total. The lowest BCUT2D eigenvalue weighted by Gasteiger charge is -2.01. The summed E-state index contributed by atoms with van der Waals surface area (Å²) in [5, 5.41) is 11.1. The van der Waals surface area contributed by atoms with Crippen molar-refractivity contribution in [2.75, 3.05) is 7.11 Å². The number of carbonyl (C=O) groups is 1. The summed E-state index contributed by atoms with van der Waals surface area (Å²) >= 11 is 1.33. The fourth-order valence-electron chi connectivity index (χ4n) is 1.47. The average Bonchev–Trinajstić information content (AvgIpc) is 2.79. The summed E-state index contributed by atoms with van der Waals surface area (Å²) in [6.07, 6.45) is 0. The van der Waals surface area contributed by atoms with E-state index >= 15 is 0 Å². The van der Waals surface area contributed by atoms with Crippen LogP contribution in [0.4, 0.5) is 0 Å². The molecule has 5 heteroatoms. The number of nitrogens with zero attached hydrogens (tertiary/aromatic N) is 1. The topological polar surface area (TPSA) is 59.4 Å². The standard InChI is InChI=1S/C12H11NO3S/c1-16-6-8-3-2-4-9(5-8)11-13-10(7-17-11)12(14)15/h2-5,7H,6H2,1H3,(H,14,15). The summed E-state index contributed by atoms with van der Waals surface area (Å²) in [5.41, 5.74) is 2.04. The lowest BCUT2D eigenvalue weighted by atomic mass is 10.1. The van der Waals surface area contributed by atoms with E-state index in [9.17, 15) is 4.79 Å². The first-order valence-corrected chi connectivity index (χ1v) is 5.85. The molecule has 2 aromatic rings. The molecular weight excluding hydrogens is 238 g/mol. The fraction of sp³-hybridized carbons (Fsp3) is 0.167. The normalized spacial score (nSPS) is 10.4. The molecular formula is C12H11NO3S. The molecule has 0 radical (unpaired) electrons. The van der Waals surface area contributed by atoms with E-state index < -0.39 is 5.97 Å². The second kappa shape index (κ2) is 5.07. The molecule has 0 spiro atoms. The monoisotopic (exact) mass is 249 g/mol. The second-order valence-electron chi connectivity index (χ2n) is 3.48. The summed E-state index contributed by atoms with van der Waals surface area (Å²) in [7, 11) is 1.64. The van der Waals surface area contributed by atoms with Gasteiger partial charge in [-0.05, 0) is 11.6 Å². The molecule has 1 aromatic carbocycles. The number of methoxy groups -OCH3 is 1. The highest BCUT2D eigenvalue weighted by Crippen LogP contribution is 2.24. The minimum absolute atomic E-state index is 0.0853. The molecule has 0 saturated heterocycles. The molecule has 0 saturated carbocycles. The SMILES string of the molecule is COCc1cccc(-c2nc(C(=O)O)cs2)c1. The zero-order valence-electron chi connectivity index (χ0n) is 9.21. The zero-order chi connectivity index (χ0) is 12.3. The number of thiazole rings is 1. The Morgan fingerprint density at radius 1 is 1.53 bits per heavy atom. The molecule has 88 valence electrons. The van der Waals surface area contributed by atoms with Crippen LogP contribution in [-0.2, 0) is 11.3 Å². The van der Waals surface area contributed by atoms with Gasteiger partial charge < -0.3 is 9.84 Å². The number of carboxylic acids is 1. The van der Waals surface area contributed by atoms with E-state index in [0.717, 1.165) is 11.1 Å². The number of hydrogen-bond donors (Lipinski definition) is 1. The van der Waals surface area contributed by atoms with E-state index in [2.05, 4.69) is 4.98 Å². The summed E-state index contributed by atoms with van der Waals surface area (Å²) in [6, 6.07) is 7.72. The van der Waals surface area contributed by atoms with Crippen LogP contribution in [0.5, 0.6) is 0 Å². The molecule has 1 heterocycles. The van der Waals surface area contributed by atoms with E-state index in [1.54, 1.807) is 12.5 Å². The Morgan fingerprint density at radius 2 is 2.35 bits per heavy atom. The Hall–Kier alpha value is -1.72. The number of carboxylic acid groups (broad SMARTS) is 1. The molecule has 0 aliphatic rings. The molecule has 17 heavy (non-hydrogen) atoms. The Kier molecular flexibility index (Phi) is 3.51. The van der Waals surface area contributed by atoms with Crippen molar-refractivity contribution in [1.29, 1.82) is 0 Å². The van der Waals surface area contributed by atoms with Gasteiger partial charge in [0.15, 0.2) is 5.69 Å². The third-order valence-electron chi connectivity index (χ3n) is 2.21. The molecule has 0 atom stereocenters. The van der Waals surface area contributed by atoms with Gasteiger partial charge in [0.05, 0.1) is 6.61 Å². The van der Waals surface area contributed by atoms with Crippen molar-refractivity contribution >= 4 is 17.3 Å². The summed E-state index contributed by atoms with van der Waals surface area (Å²) in [6.45, 7) is 0.533. The van der Waals surface area contributed by atoms with Crippen molar-refractivity contribution in [3.63, 3.8) is 0 Å². The first kappa shape index (κ1) is 11.8. The fourth-order valence-corrected chi connectivity index (χ4v) is 2.26. The van der Waals surface area contributed by atoms with Crippen LogP contribution in [0, 0.1) is 0 Å². The zero-order valence-corrected chi connectivity index (χ0v) is 10.0. The van der Waals surface area contributed by atoms with Crippen LogP contribution in [0.15, 0.2) is 29.6 Å². The Labute approximate surface area is 103 Å². The van der Waals surface area contributed by atoms with Gasteiger partial charge >= 0.3 is 5.97 Å². The number of ether oxygens (including phenoxy) is 1. The lowest BCUT2D eigenvalue weighted by molar-refractivity contribution is 0.0691. The third kappa shape index (κ3) is 2.69. The third-order valence-corrected chi connectivity index (χ3v) is 3.10. The van der Waals surface area contributed by atoms with Crippen molar-refractivity contribution in [2.24, 2.45) is 0 Å². The van der Waals surface area contributed by atoms with Gasteiger partial charge in [0.25, 0.3) is 0 Å². The van der Waals surface area contributed by atoms with Crippen LogP contribution in [0.2, 0.25) is 0 Å². The second-order valence-corrected chi connectivity index (χ2v) is 4.33. The molecule has 1 aromatic heterocycles. The van der Waals surface area contributed by atoms with E-state index in [0.29, 0.717) is 11.6 Å². The maximum Gasteiger partial charge on any atom is 0.355 e. The molecule has 0 amide bonds. The highest BCUT2D eigenvalue weighted by molar-refractivity contribution is 7.13. The van der Waals surface area contributed by atoms with Gasteiger partial charge in [-0.1, -0.05) is 18.2 Å². The Morgan fingerprint density at radius 3 is 3.00 bits per heavy atom. The van der Waals surface area contributed by atoms with Crippen molar-refractivity contribution in [2.45, 2.75) is 6.61 Å². The van der Waals surface area contributed by atoms with E-state index in [1.165, 1.54) is 11.3 Å². The number of aromatic nitrogens is 1. The van der Waals surface area contributed by atoms with Gasteiger partial charge in [-0.15, -0.1) is 11.3 Å². The predicted octanol–water partition coefficient (Wildman–Crippen LogP) is 2.65. The van der Waals surface area contributed by atoms with Crippen LogP contribution in [0.3, 0.4) is 0 Å². The lowest BCUT2D eigenvalue weighted by Crippen LogP contribution is -1.95. The molecule has 0 aliphatic heterocycles. The van der Waals surface area contributed by atoms with Crippen molar-refractivity contribution in [3.05, 3.63) is 40.9 Å². The number of rotatable bonds is 4. The van der Waals surface area contributed by atoms with Crippen LogP contribution in [0.1, 0.15) is 16.1 Å². The largest absolute Gasteiger partial charge is 0.476 e. The van der Waals surface area contributed by atoms with Gasteiger partial charge in [-0.25, -0.2) is 9.78 Å². The van der Waals surface area contributed by atoms with Gasteiger partial charge in [-0.2, -0.15) is 0 Å². The molecule has 1 N–H and O–H groups in total. The molecule has 0 aliphatic carbocycles.